The van der Waals surface area contributed by atoms with Crippen molar-refractivity contribution >= 4 is 5.97 Å². The smallest absolute Gasteiger partial charge is 0.331 e. The van der Waals surface area contributed by atoms with Crippen molar-refractivity contribution in [2.45, 2.75) is 6.04 Å². The van der Waals surface area contributed by atoms with Crippen LogP contribution >= 0.6 is 0 Å². The molecule has 2 aromatic rings. The first-order valence-electron chi connectivity index (χ1n) is 4.79. The van der Waals surface area contributed by atoms with E-state index in [4.69, 9.17) is 5.11 Å². The van der Waals surface area contributed by atoms with Crippen LogP contribution in [0.15, 0.2) is 48.8 Å². The highest BCUT2D eigenvalue weighted by atomic mass is 19.1. The summed E-state index contributed by atoms with van der Waals surface area (Å²) in [5.74, 6) is -1.34. The number of aliphatic carboxylic acids is 1. The van der Waals surface area contributed by atoms with Gasteiger partial charge in [-0.15, -0.1) is 0 Å². The Labute approximate surface area is 91.8 Å². The molecular formula is C12H10FNO2. The van der Waals surface area contributed by atoms with Crippen LogP contribution < -0.4 is 0 Å². The summed E-state index contributed by atoms with van der Waals surface area (Å²) in [7, 11) is 0. The number of hydrogen-bond donors (Lipinski definition) is 1. The summed E-state index contributed by atoms with van der Waals surface area (Å²) >= 11 is 0. The first kappa shape index (κ1) is 10.4. The van der Waals surface area contributed by atoms with E-state index in [2.05, 4.69) is 0 Å². The minimum atomic E-state index is -0.970. The van der Waals surface area contributed by atoms with Crippen molar-refractivity contribution in [2.24, 2.45) is 0 Å². The van der Waals surface area contributed by atoms with Gasteiger partial charge in [-0.3, -0.25) is 0 Å². The van der Waals surface area contributed by atoms with Crippen molar-refractivity contribution in [3.8, 4) is 0 Å². The maximum atomic E-state index is 12.7. The molecule has 1 N–H and O–H groups in total. The van der Waals surface area contributed by atoms with Crippen molar-refractivity contribution in [3.63, 3.8) is 0 Å². The summed E-state index contributed by atoms with van der Waals surface area (Å²) in [5.41, 5.74) is 0.546. The third-order valence-corrected chi connectivity index (χ3v) is 2.35. The third-order valence-electron chi connectivity index (χ3n) is 2.35. The van der Waals surface area contributed by atoms with Gasteiger partial charge >= 0.3 is 5.97 Å². The van der Waals surface area contributed by atoms with Crippen LogP contribution in [0.2, 0.25) is 0 Å². The Kier molecular flexibility index (Phi) is 2.72. The van der Waals surface area contributed by atoms with Crippen molar-refractivity contribution < 1.29 is 14.3 Å². The zero-order chi connectivity index (χ0) is 11.5. The maximum Gasteiger partial charge on any atom is 0.331 e. The summed E-state index contributed by atoms with van der Waals surface area (Å²) in [6.45, 7) is 0. The minimum Gasteiger partial charge on any atom is -0.479 e. The zero-order valence-electron chi connectivity index (χ0n) is 8.38. The van der Waals surface area contributed by atoms with Crippen LogP contribution in [0.5, 0.6) is 0 Å². The molecule has 0 aliphatic heterocycles. The molecule has 0 radical (unpaired) electrons. The number of hydrogen-bond acceptors (Lipinski definition) is 1. The van der Waals surface area contributed by atoms with E-state index >= 15 is 0 Å². The van der Waals surface area contributed by atoms with Crippen LogP contribution in [0.3, 0.4) is 0 Å². The standard InChI is InChI=1S/C12H10FNO2/c13-10-5-3-9(4-6-10)11(12(15)16)14-7-1-2-8-14/h1-8,11H,(H,15,16)/t11-/m0/s1. The molecule has 1 heterocycles. The van der Waals surface area contributed by atoms with E-state index in [9.17, 15) is 9.18 Å². The summed E-state index contributed by atoms with van der Waals surface area (Å²) in [5, 5.41) is 9.15. The molecule has 0 saturated heterocycles. The summed E-state index contributed by atoms with van der Waals surface area (Å²) in [6, 6.07) is 8.17. The molecule has 0 amide bonds. The lowest BCUT2D eigenvalue weighted by Crippen LogP contribution is -2.18. The van der Waals surface area contributed by atoms with Crippen LogP contribution in [0.1, 0.15) is 11.6 Å². The maximum absolute atomic E-state index is 12.7. The molecule has 1 atom stereocenters. The summed E-state index contributed by atoms with van der Waals surface area (Å²) in [4.78, 5) is 11.2. The van der Waals surface area contributed by atoms with Gasteiger partial charge in [0, 0.05) is 12.4 Å². The summed E-state index contributed by atoms with van der Waals surface area (Å²) in [6.07, 6.45) is 3.34. The van der Waals surface area contributed by atoms with Gasteiger partial charge in [0.25, 0.3) is 0 Å². The first-order chi connectivity index (χ1) is 7.68. The molecule has 0 spiro atoms. The lowest BCUT2D eigenvalue weighted by molar-refractivity contribution is -0.139. The topological polar surface area (TPSA) is 42.2 Å². The molecule has 0 bridgehead atoms. The molecule has 82 valence electrons. The van der Waals surface area contributed by atoms with Crippen molar-refractivity contribution in [1.82, 2.24) is 4.57 Å². The second kappa shape index (κ2) is 4.18. The van der Waals surface area contributed by atoms with Gasteiger partial charge in [0.15, 0.2) is 6.04 Å². The van der Waals surface area contributed by atoms with E-state index < -0.39 is 12.0 Å². The minimum absolute atomic E-state index is 0.375. The molecule has 0 saturated carbocycles. The number of carboxylic acids is 1. The highest BCUT2D eigenvalue weighted by Crippen LogP contribution is 2.19. The first-order valence-corrected chi connectivity index (χ1v) is 4.79. The second-order valence-corrected chi connectivity index (χ2v) is 3.42. The van der Waals surface area contributed by atoms with Gasteiger partial charge in [-0.1, -0.05) is 12.1 Å². The number of carbonyl (C=O) groups is 1. The molecule has 16 heavy (non-hydrogen) atoms. The number of nitrogens with zero attached hydrogens (tertiary/aromatic N) is 1. The Morgan fingerprint density at radius 1 is 1.19 bits per heavy atom. The predicted molar refractivity (Wildman–Crippen MR) is 56.6 cm³/mol. The monoisotopic (exact) mass is 219 g/mol. The number of rotatable bonds is 3. The van der Waals surface area contributed by atoms with Crippen LogP contribution in [0.4, 0.5) is 4.39 Å². The van der Waals surface area contributed by atoms with Crippen LogP contribution in [-0.4, -0.2) is 15.6 Å². The molecule has 0 aliphatic rings. The lowest BCUT2D eigenvalue weighted by Gasteiger charge is -2.14. The van der Waals surface area contributed by atoms with Crippen LogP contribution in [0.25, 0.3) is 0 Å². The highest BCUT2D eigenvalue weighted by Gasteiger charge is 2.20. The fraction of sp³-hybridized carbons (Fsp3) is 0.0833. The number of halogens is 1. The van der Waals surface area contributed by atoms with Gasteiger partial charge < -0.3 is 9.67 Å². The van der Waals surface area contributed by atoms with Gasteiger partial charge in [0.05, 0.1) is 0 Å². The van der Waals surface area contributed by atoms with Crippen molar-refractivity contribution in [3.05, 3.63) is 60.2 Å². The molecule has 1 aromatic carbocycles. The van der Waals surface area contributed by atoms with E-state index in [-0.39, 0.29) is 5.82 Å². The quantitative estimate of drug-likeness (QED) is 0.860. The fourth-order valence-electron chi connectivity index (χ4n) is 1.61. The van der Waals surface area contributed by atoms with Gasteiger partial charge in [-0.05, 0) is 29.8 Å². The van der Waals surface area contributed by atoms with Gasteiger partial charge in [0.1, 0.15) is 5.82 Å². The lowest BCUT2D eigenvalue weighted by atomic mass is 10.1. The van der Waals surface area contributed by atoms with E-state index in [0.29, 0.717) is 5.56 Å². The van der Waals surface area contributed by atoms with Crippen LogP contribution in [-0.2, 0) is 4.79 Å². The van der Waals surface area contributed by atoms with E-state index in [1.165, 1.54) is 24.3 Å². The molecule has 0 fully saturated rings. The van der Waals surface area contributed by atoms with E-state index in [0.717, 1.165) is 0 Å². The SMILES string of the molecule is O=C(O)[C@H](c1ccc(F)cc1)n1cccc1. The van der Waals surface area contributed by atoms with Crippen LogP contribution in [0, 0.1) is 5.82 Å². The molecule has 2 rings (SSSR count). The van der Waals surface area contributed by atoms with Crippen molar-refractivity contribution in [2.75, 3.05) is 0 Å². The second-order valence-electron chi connectivity index (χ2n) is 3.42. The van der Waals surface area contributed by atoms with Crippen molar-refractivity contribution in [1.29, 1.82) is 0 Å². The molecular weight excluding hydrogens is 209 g/mol. The van der Waals surface area contributed by atoms with Gasteiger partial charge in [-0.2, -0.15) is 0 Å². The largest absolute Gasteiger partial charge is 0.479 e. The van der Waals surface area contributed by atoms with Gasteiger partial charge in [0.2, 0.25) is 0 Å². The molecule has 3 nitrogen and oxygen atoms in total. The number of aromatic nitrogens is 1. The fourth-order valence-corrected chi connectivity index (χ4v) is 1.61. The molecule has 1 aromatic heterocycles. The number of carboxylic acid groups (broad SMARTS) is 1. The average molecular weight is 219 g/mol. The molecule has 0 unspecified atom stereocenters. The predicted octanol–water partition coefficient (Wildman–Crippen LogP) is 2.30. The average Bonchev–Trinajstić information content (AvgIpc) is 2.74. The Hall–Kier alpha value is -2.10. The third kappa shape index (κ3) is 1.95. The Bertz CT molecular complexity index is 476. The Balaban J connectivity index is 2.41. The van der Waals surface area contributed by atoms with E-state index in [1.807, 2.05) is 0 Å². The summed E-state index contributed by atoms with van der Waals surface area (Å²) < 4.78 is 14.3. The normalized spacial score (nSPS) is 12.3. The highest BCUT2D eigenvalue weighted by molar-refractivity contribution is 5.76. The van der Waals surface area contributed by atoms with Gasteiger partial charge in [-0.25, -0.2) is 9.18 Å². The molecule has 4 heteroatoms. The number of benzene rings is 1. The van der Waals surface area contributed by atoms with E-state index in [1.54, 1.807) is 29.1 Å². The Morgan fingerprint density at radius 3 is 2.25 bits per heavy atom. The zero-order valence-corrected chi connectivity index (χ0v) is 8.38. The molecule has 0 aliphatic carbocycles. The Morgan fingerprint density at radius 2 is 1.75 bits per heavy atom.